The molecule has 0 radical (unpaired) electrons. The number of hydrogen-bond acceptors (Lipinski definition) is 1. The van der Waals surface area contributed by atoms with Crippen molar-refractivity contribution in [2.45, 2.75) is 46.1 Å². The lowest BCUT2D eigenvalue weighted by atomic mass is 9.68. The Morgan fingerprint density at radius 3 is 2.63 bits per heavy atom. The summed E-state index contributed by atoms with van der Waals surface area (Å²) in [6.45, 7) is 7.28. The first-order valence-electron chi connectivity index (χ1n) is 7.04. The van der Waals surface area contributed by atoms with E-state index in [1.165, 1.54) is 22.8 Å². The maximum absolute atomic E-state index is 6.38. The van der Waals surface area contributed by atoms with Gasteiger partial charge in [-0.25, -0.2) is 0 Å². The van der Waals surface area contributed by atoms with Gasteiger partial charge in [-0.15, -0.1) is 0 Å². The number of fused-ring (bicyclic) bond motifs is 2. The summed E-state index contributed by atoms with van der Waals surface area (Å²) in [7, 11) is 0. The van der Waals surface area contributed by atoms with Crippen LogP contribution in [0.3, 0.4) is 0 Å². The van der Waals surface area contributed by atoms with Gasteiger partial charge in [-0.05, 0) is 76.8 Å². The SMILES string of the molecule is CC1(C)C(Nc2ccc(I)cc2Cl)[C@]2(C)CC[C@H]1C2. The summed E-state index contributed by atoms with van der Waals surface area (Å²) in [5, 5.41) is 4.61. The molecule has 1 aromatic rings. The molecule has 3 rings (SSSR count). The standard InChI is InChI=1S/C16H21ClIN/c1-15(2)10-6-7-16(3,9-10)14(15)19-13-5-4-11(18)8-12(13)17/h4-5,8,10,14,19H,6-7,9H2,1-3H3/t10-,14?,16+/m0/s1. The first kappa shape index (κ1) is 14.0. The molecule has 3 atom stereocenters. The number of benzene rings is 1. The molecule has 0 heterocycles. The van der Waals surface area contributed by atoms with Crippen molar-refractivity contribution in [3.8, 4) is 0 Å². The summed E-state index contributed by atoms with van der Waals surface area (Å²) in [6.07, 6.45) is 4.10. The molecule has 3 heteroatoms. The molecule has 0 amide bonds. The average Bonchev–Trinajstić information content (AvgIpc) is 2.78. The zero-order valence-electron chi connectivity index (χ0n) is 11.8. The molecule has 1 aromatic carbocycles. The molecular formula is C16H21ClIN. The summed E-state index contributed by atoms with van der Waals surface area (Å²) in [5.74, 6) is 0.859. The quantitative estimate of drug-likeness (QED) is 0.652. The maximum atomic E-state index is 6.38. The molecule has 0 aliphatic heterocycles. The number of anilines is 1. The Kier molecular flexibility index (Phi) is 3.33. The van der Waals surface area contributed by atoms with E-state index in [0.717, 1.165) is 16.6 Å². The summed E-state index contributed by atoms with van der Waals surface area (Å²) >= 11 is 8.68. The summed E-state index contributed by atoms with van der Waals surface area (Å²) in [4.78, 5) is 0. The van der Waals surface area contributed by atoms with Crippen LogP contribution in [-0.4, -0.2) is 6.04 Å². The van der Waals surface area contributed by atoms with Crippen LogP contribution < -0.4 is 5.32 Å². The van der Waals surface area contributed by atoms with Crippen LogP contribution in [0.2, 0.25) is 5.02 Å². The third-order valence-electron chi connectivity index (χ3n) is 5.50. The van der Waals surface area contributed by atoms with Crippen molar-refractivity contribution in [1.82, 2.24) is 0 Å². The van der Waals surface area contributed by atoms with Crippen molar-refractivity contribution in [3.63, 3.8) is 0 Å². The Hall–Kier alpha value is 0.0400. The lowest BCUT2D eigenvalue weighted by Crippen LogP contribution is -2.45. The van der Waals surface area contributed by atoms with E-state index in [-0.39, 0.29) is 0 Å². The molecule has 1 nitrogen and oxygen atoms in total. The fourth-order valence-corrected chi connectivity index (χ4v) is 5.33. The van der Waals surface area contributed by atoms with Crippen molar-refractivity contribution >= 4 is 39.9 Å². The molecule has 1 N–H and O–H groups in total. The van der Waals surface area contributed by atoms with Crippen LogP contribution in [0.4, 0.5) is 5.69 Å². The molecule has 0 aromatic heterocycles. The normalized spacial score (nSPS) is 35.6. The van der Waals surface area contributed by atoms with Crippen LogP contribution in [-0.2, 0) is 0 Å². The summed E-state index contributed by atoms with van der Waals surface area (Å²) in [5.41, 5.74) is 1.88. The highest BCUT2D eigenvalue weighted by Gasteiger charge is 2.59. The van der Waals surface area contributed by atoms with E-state index in [9.17, 15) is 0 Å². The molecule has 19 heavy (non-hydrogen) atoms. The van der Waals surface area contributed by atoms with Gasteiger partial charge in [0.2, 0.25) is 0 Å². The molecule has 2 aliphatic carbocycles. The van der Waals surface area contributed by atoms with Gasteiger partial charge < -0.3 is 5.32 Å². The third-order valence-corrected chi connectivity index (χ3v) is 6.48. The summed E-state index contributed by atoms with van der Waals surface area (Å²) < 4.78 is 1.19. The van der Waals surface area contributed by atoms with E-state index in [2.05, 4.69) is 60.8 Å². The number of rotatable bonds is 2. The van der Waals surface area contributed by atoms with E-state index < -0.39 is 0 Å². The van der Waals surface area contributed by atoms with Gasteiger partial charge >= 0.3 is 0 Å². The predicted octanol–water partition coefficient (Wildman–Crippen LogP) is 5.57. The van der Waals surface area contributed by atoms with Crippen molar-refractivity contribution in [2.75, 3.05) is 5.32 Å². The molecule has 0 spiro atoms. The van der Waals surface area contributed by atoms with E-state index in [1.807, 2.05) is 6.07 Å². The highest BCUT2D eigenvalue weighted by molar-refractivity contribution is 14.1. The second-order valence-corrected chi connectivity index (χ2v) is 8.77. The zero-order valence-corrected chi connectivity index (χ0v) is 14.7. The van der Waals surface area contributed by atoms with Gasteiger partial charge in [-0.1, -0.05) is 32.4 Å². The lowest BCUT2D eigenvalue weighted by molar-refractivity contribution is 0.155. The maximum Gasteiger partial charge on any atom is 0.0648 e. The van der Waals surface area contributed by atoms with Crippen LogP contribution in [0.5, 0.6) is 0 Å². The largest absolute Gasteiger partial charge is 0.380 e. The molecule has 2 saturated carbocycles. The van der Waals surface area contributed by atoms with E-state index >= 15 is 0 Å². The highest BCUT2D eigenvalue weighted by atomic mass is 127. The van der Waals surface area contributed by atoms with Crippen molar-refractivity contribution < 1.29 is 0 Å². The fraction of sp³-hybridized carbons (Fsp3) is 0.625. The minimum atomic E-state index is 0.360. The van der Waals surface area contributed by atoms with E-state index in [1.54, 1.807) is 0 Å². The lowest BCUT2D eigenvalue weighted by Gasteiger charge is -2.43. The fourth-order valence-electron chi connectivity index (χ4n) is 4.42. The van der Waals surface area contributed by atoms with Crippen LogP contribution in [0.1, 0.15) is 40.0 Å². The Morgan fingerprint density at radius 2 is 2.05 bits per heavy atom. The second-order valence-electron chi connectivity index (χ2n) is 7.12. The van der Waals surface area contributed by atoms with E-state index in [4.69, 9.17) is 11.6 Å². The number of halogens is 2. The summed E-state index contributed by atoms with van der Waals surface area (Å²) in [6, 6.07) is 6.80. The van der Waals surface area contributed by atoms with Gasteiger partial charge in [-0.3, -0.25) is 0 Å². The van der Waals surface area contributed by atoms with E-state index in [0.29, 0.717) is 16.9 Å². The van der Waals surface area contributed by atoms with Crippen molar-refractivity contribution in [2.24, 2.45) is 16.7 Å². The monoisotopic (exact) mass is 389 g/mol. The van der Waals surface area contributed by atoms with Gasteiger partial charge in [0.1, 0.15) is 0 Å². The molecule has 0 saturated heterocycles. The Labute approximate surface area is 134 Å². The van der Waals surface area contributed by atoms with Gasteiger partial charge in [-0.2, -0.15) is 0 Å². The molecule has 2 fully saturated rings. The van der Waals surface area contributed by atoms with Gasteiger partial charge in [0.05, 0.1) is 10.7 Å². The molecule has 2 aliphatic rings. The Morgan fingerprint density at radius 1 is 1.32 bits per heavy atom. The number of hydrogen-bond donors (Lipinski definition) is 1. The average molecular weight is 390 g/mol. The minimum Gasteiger partial charge on any atom is -0.380 e. The highest BCUT2D eigenvalue weighted by Crippen LogP contribution is 2.63. The Balaban J connectivity index is 1.90. The number of nitrogens with one attached hydrogen (secondary N) is 1. The molecule has 1 unspecified atom stereocenters. The molecule has 104 valence electrons. The van der Waals surface area contributed by atoms with Crippen LogP contribution >= 0.6 is 34.2 Å². The Bertz CT molecular complexity index is 509. The first-order valence-corrected chi connectivity index (χ1v) is 8.50. The zero-order chi connectivity index (χ0) is 13.8. The minimum absolute atomic E-state index is 0.360. The predicted molar refractivity (Wildman–Crippen MR) is 90.8 cm³/mol. The molecule has 2 bridgehead atoms. The van der Waals surface area contributed by atoms with Gasteiger partial charge in [0, 0.05) is 9.61 Å². The van der Waals surface area contributed by atoms with Crippen molar-refractivity contribution in [3.05, 3.63) is 26.8 Å². The van der Waals surface area contributed by atoms with Crippen LogP contribution in [0.15, 0.2) is 18.2 Å². The molecular weight excluding hydrogens is 369 g/mol. The van der Waals surface area contributed by atoms with Gasteiger partial charge in [0.25, 0.3) is 0 Å². The third kappa shape index (κ3) is 2.19. The van der Waals surface area contributed by atoms with Crippen LogP contribution in [0.25, 0.3) is 0 Å². The first-order chi connectivity index (χ1) is 8.83. The van der Waals surface area contributed by atoms with Crippen molar-refractivity contribution in [1.29, 1.82) is 0 Å². The van der Waals surface area contributed by atoms with Gasteiger partial charge in [0.15, 0.2) is 0 Å². The topological polar surface area (TPSA) is 12.0 Å². The second kappa shape index (κ2) is 4.52. The smallest absolute Gasteiger partial charge is 0.0648 e. The van der Waals surface area contributed by atoms with Crippen LogP contribution in [0, 0.1) is 20.3 Å².